The van der Waals surface area contributed by atoms with Crippen LogP contribution in [0.2, 0.25) is 5.02 Å². The Labute approximate surface area is 318 Å². The van der Waals surface area contributed by atoms with Crippen LogP contribution in [0.4, 0.5) is 8.78 Å². The molecule has 5 aromatic rings. The molecule has 2 atom stereocenters. The summed E-state index contributed by atoms with van der Waals surface area (Å²) < 4.78 is 55.5. The molecule has 0 saturated heterocycles. The zero-order chi connectivity index (χ0) is 39.3. The fourth-order valence-corrected chi connectivity index (χ4v) is 8.44. The molecule has 0 spiro atoms. The SMILES string of the molecule is Cc1ccc(C)c2c1CC(=O)C2CC(=O)C[C@@H](Cc1cc(F)cc(F)c1)c1nc(C#CC(C)(C)O)ccc1-c1ccc(Cl)c2c(CS(C)(=O)=O)nn(C)c12. The summed E-state index contributed by atoms with van der Waals surface area (Å²) in [5.41, 5.74) is 5.23. The zero-order valence-electron chi connectivity index (χ0n) is 30.9. The maximum Gasteiger partial charge on any atom is 0.153 e. The highest BCUT2D eigenvalue weighted by molar-refractivity contribution is 7.89. The highest BCUT2D eigenvalue weighted by atomic mass is 35.5. The lowest BCUT2D eigenvalue weighted by Crippen LogP contribution is -2.18. The summed E-state index contributed by atoms with van der Waals surface area (Å²) >= 11 is 6.68. The number of halogens is 3. The van der Waals surface area contributed by atoms with E-state index in [1.165, 1.54) is 26.0 Å². The van der Waals surface area contributed by atoms with Gasteiger partial charge in [0.1, 0.15) is 34.5 Å². The van der Waals surface area contributed by atoms with Gasteiger partial charge in [0.15, 0.2) is 9.84 Å². The number of Topliss-reactive ketones (excluding diaryl/α,β-unsaturated/α-hetero) is 2. The van der Waals surface area contributed by atoms with Crippen molar-refractivity contribution >= 4 is 43.9 Å². The van der Waals surface area contributed by atoms with Gasteiger partial charge in [-0.25, -0.2) is 22.2 Å². The molecule has 0 bridgehead atoms. The minimum absolute atomic E-state index is 0.00240. The summed E-state index contributed by atoms with van der Waals surface area (Å²) in [4.78, 5) is 32.5. The first kappa shape index (κ1) is 38.9. The van der Waals surface area contributed by atoms with Crippen molar-refractivity contribution in [3.05, 3.63) is 116 Å². The van der Waals surface area contributed by atoms with Crippen LogP contribution in [0, 0.1) is 37.3 Å². The molecule has 0 saturated carbocycles. The minimum Gasteiger partial charge on any atom is -0.378 e. The third-order valence-corrected chi connectivity index (χ3v) is 10.8. The minimum atomic E-state index is -3.49. The number of aromatic nitrogens is 3. The second kappa shape index (κ2) is 14.8. The van der Waals surface area contributed by atoms with Crippen LogP contribution in [0.3, 0.4) is 0 Å². The molecule has 2 heterocycles. The standard InChI is InChI=1S/C42H40ClF2N3O5S/c1-23-7-8-24(2)38-33(23)21-37(50)34(38)20-30(49)18-26(15-25-16-27(44)19-28(45)17-25)40-31(10-9-29(46-40)13-14-42(3,4)51)32-11-12-35(43)39-36(22-54(6,52)53)47-48(5)41(32)39/h7-12,16-17,19,26,34,51H,15,18,20-22H2,1-6H3/t26-,34?/m1/s1. The second-order valence-electron chi connectivity index (χ2n) is 14.8. The molecule has 3 aromatic carbocycles. The summed E-state index contributed by atoms with van der Waals surface area (Å²) in [6.07, 6.45) is 1.17. The lowest BCUT2D eigenvalue weighted by Gasteiger charge is -2.22. The number of benzene rings is 3. The Kier molecular flexibility index (Phi) is 10.7. The van der Waals surface area contributed by atoms with E-state index in [1.54, 1.807) is 36.0 Å². The smallest absolute Gasteiger partial charge is 0.153 e. The Morgan fingerprint density at radius 1 is 1.06 bits per heavy atom. The van der Waals surface area contributed by atoms with Crippen LogP contribution >= 0.6 is 11.6 Å². The Balaban J connectivity index is 1.53. The van der Waals surface area contributed by atoms with Crippen molar-refractivity contribution in [3.63, 3.8) is 0 Å². The van der Waals surface area contributed by atoms with Crippen LogP contribution < -0.4 is 0 Å². The Morgan fingerprint density at radius 2 is 1.72 bits per heavy atom. The van der Waals surface area contributed by atoms with Crippen molar-refractivity contribution in [2.24, 2.45) is 7.05 Å². The van der Waals surface area contributed by atoms with Gasteiger partial charge in [0.2, 0.25) is 0 Å². The van der Waals surface area contributed by atoms with E-state index in [4.69, 9.17) is 16.6 Å². The lowest BCUT2D eigenvalue weighted by atomic mass is 9.83. The van der Waals surface area contributed by atoms with E-state index in [1.807, 2.05) is 26.0 Å². The maximum atomic E-state index is 14.6. The van der Waals surface area contributed by atoms with Gasteiger partial charge in [-0.05, 0) is 98.2 Å². The predicted molar refractivity (Wildman–Crippen MR) is 205 cm³/mol. The summed E-state index contributed by atoms with van der Waals surface area (Å²) in [6, 6.07) is 13.9. The van der Waals surface area contributed by atoms with Gasteiger partial charge in [0, 0.05) is 61.1 Å². The largest absolute Gasteiger partial charge is 0.378 e. The van der Waals surface area contributed by atoms with Gasteiger partial charge in [-0.1, -0.05) is 35.7 Å². The van der Waals surface area contributed by atoms with Crippen molar-refractivity contribution in [3.8, 4) is 23.0 Å². The molecule has 0 amide bonds. The Hall–Kier alpha value is -4.76. The third-order valence-electron chi connectivity index (χ3n) is 9.71. The number of hydrogen-bond donors (Lipinski definition) is 1. The van der Waals surface area contributed by atoms with E-state index in [0.29, 0.717) is 27.7 Å². The summed E-state index contributed by atoms with van der Waals surface area (Å²) in [6.45, 7) is 6.94. The molecule has 0 aliphatic heterocycles. The van der Waals surface area contributed by atoms with Crippen LogP contribution in [0.1, 0.15) is 83.4 Å². The number of sulfone groups is 1. The molecule has 1 aliphatic carbocycles. The van der Waals surface area contributed by atoms with Crippen molar-refractivity contribution in [1.82, 2.24) is 14.8 Å². The van der Waals surface area contributed by atoms with Crippen molar-refractivity contribution < 1.29 is 31.9 Å². The number of aryl methyl sites for hydroxylation is 3. The molecular weight excluding hydrogens is 732 g/mol. The van der Waals surface area contributed by atoms with E-state index in [9.17, 15) is 31.9 Å². The molecule has 1 unspecified atom stereocenters. The van der Waals surface area contributed by atoms with E-state index in [-0.39, 0.29) is 65.0 Å². The van der Waals surface area contributed by atoms with E-state index in [0.717, 1.165) is 34.6 Å². The van der Waals surface area contributed by atoms with Gasteiger partial charge in [0.05, 0.1) is 33.6 Å². The van der Waals surface area contributed by atoms with Crippen LogP contribution in [0.5, 0.6) is 0 Å². The highest BCUT2D eigenvalue weighted by Gasteiger charge is 2.35. The number of aliphatic hydroxyl groups is 1. The third kappa shape index (κ3) is 8.46. The molecule has 0 radical (unpaired) electrons. The molecule has 8 nitrogen and oxygen atoms in total. The summed E-state index contributed by atoms with van der Waals surface area (Å²) in [5.74, 6) is 2.10. The molecule has 280 valence electrons. The highest BCUT2D eigenvalue weighted by Crippen LogP contribution is 2.42. The molecule has 1 N–H and O–H groups in total. The van der Waals surface area contributed by atoms with Crippen molar-refractivity contribution in [1.29, 1.82) is 0 Å². The van der Waals surface area contributed by atoms with Crippen LogP contribution in [-0.2, 0) is 45.1 Å². The quantitative estimate of drug-likeness (QED) is 0.147. The molecule has 1 aliphatic rings. The van der Waals surface area contributed by atoms with E-state index < -0.39 is 38.9 Å². The fraction of sp³-hybridized carbons (Fsp3) is 0.333. The van der Waals surface area contributed by atoms with Crippen LogP contribution in [-0.4, -0.2) is 51.7 Å². The van der Waals surface area contributed by atoms with Gasteiger partial charge in [-0.2, -0.15) is 5.10 Å². The predicted octanol–water partition coefficient (Wildman–Crippen LogP) is 7.44. The van der Waals surface area contributed by atoms with Gasteiger partial charge in [0.25, 0.3) is 0 Å². The maximum absolute atomic E-state index is 14.6. The number of pyridine rings is 1. The number of carbonyl (C=O) groups excluding carboxylic acids is 2. The molecule has 54 heavy (non-hydrogen) atoms. The number of ketones is 2. The van der Waals surface area contributed by atoms with Gasteiger partial charge in [-0.3, -0.25) is 14.3 Å². The number of nitrogens with zero attached hydrogens (tertiary/aromatic N) is 3. The first-order chi connectivity index (χ1) is 25.3. The average Bonchev–Trinajstić information content (AvgIpc) is 3.56. The molecule has 6 rings (SSSR count). The lowest BCUT2D eigenvalue weighted by molar-refractivity contribution is -0.125. The average molecular weight is 772 g/mol. The van der Waals surface area contributed by atoms with E-state index in [2.05, 4.69) is 16.9 Å². The second-order valence-corrected chi connectivity index (χ2v) is 17.4. The molecule has 12 heteroatoms. The zero-order valence-corrected chi connectivity index (χ0v) is 32.4. The van der Waals surface area contributed by atoms with Crippen molar-refractivity contribution in [2.45, 2.75) is 76.6 Å². The first-order valence-corrected chi connectivity index (χ1v) is 19.9. The van der Waals surface area contributed by atoms with Crippen LogP contribution in [0.15, 0.2) is 54.6 Å². The number of rotatable bonds is 10. The van der Waals surface area contributed by atoms with E-state index >= 15 is 0 Å². The summed E-state index contributed by atoms with van der Waals surface area (Å²) in [5, 5.41) is 15.6. The molecule has 0 fully saturated rings. The topological polar surface area (TPSA) is 119 Å². The molecular formula is C42H40ClF2N3O5S. The first-order valence-electron chi connectivity index (χ1n) is 17.4. The van der Waals surface area contributed by atoms with Gasteiger partial charge < -0.3 is 5.11 Å². The number of hydrogen-bond acceptors (Lipinski definition) is 7. The van der Waals surface area contributed by atoms with Gasteiger partial charge >= 0.3 is 0 Å². The normalized spacial score (nSPS) is 14.9. The Bertz CT molecular complexity index is 2510. The number of fused-ring (bicyclic) bond motifs is 2. The van der Waals surface area contributed by atoms with Crippen molar-refractivity contribution in [2.75, 3.05) is 6.26 Å². The Morgan fingerprint density at radius 3 is 2.39 bits per heavy atom. The monoisotopic (exact) mass is 771 g/mol. The van der Waals surface area contributed by atoms with Gasteiger partial charge in [-0.15, -0.1) is 0 Å². The fourth-order valence-electron chi connectivity index (χ4n) is 7.47. The molecule has 2 aromatic heterocycles. The number of carbonyl (C=O) groups is 2. The van der Waals surface area contributed by atoms with Crippen LogP contribution in [0.25, 0.3) is 22.0 Å². The summed E-state index contributed by atoms with van der Waals surface area (Å²) in [7, 11) is -1.83.